The molecule has 1 N–H and O–H groups in total. The number of para-hydroxylation sites is 2. The number of H-pyrrole nitrogens is 1. The summed E-state index contributed by atoms with van der Waals surface area (Å²) in [5.41, 5.74) is -3.99. The zero-order chi connectivity index (χ0) is 22.4. The number of aromatic nitrogens is 2. The number of benzene rings is 2. The van der Waals surface area contributed by atoms with Crippen LogP contribution in [0.3, 0.4) is 0 Å². The fraction of sp³-hybridized carbons (Fsp3) is 0.300. The first kappa shape index (κ1) is 21.2. The van der Waals surface area contributed by atoms with Crippen LogP contribution in [0.4, 0.5) is 13.2 Å². The largest absolute Gasteiger partial charge is 0.501 e. The van der Waals surface area contributed by atoms with E-state index in [0.29, 0.717) is 25.9 Å². The van der Waals surface area contributed by atoms with Gasteiger partial charge in [0.25, 0.3) is 15.7 Å². The maximum atomic E-state index is 12.7. The van der Waals surface area contributed by atoms with Crippen LogP contribution < -0.4 is 5.69 Å². The lowest BCUT2D eigenvalue weighted by atomic mass is 10.0. The van der Waals surface area contributed by atoms with Crippen molar-refractivity contribution in [2.24, 2.45) is 0 Å². The number of carbonyl (C=O) groups excluding carboxylic acids is 1. The fourth-order valence-corrected chi connectivity index (χ4v) is 4.62. The molecule has 1 aliphatic rings. The molecule has 0 bridgehead atoms. The van der Waals surface area contributed by atoms with Crippen molar-refractivity contribution in [3.63, 3.8) is 0 Å². The number of rotatable bonds is 3. The standard InChI is InChI=1S/C20H18F3N3O4S/c21-20(22,23)31(29,30)15-7-5-13(6-8-15)18(27)25-11-9-14(10-12-25)26-17-4-2-1-3-16(17)24-19(26)28/h1-8,14H,9-12H2,(H,24,28). The second-order valence-corrected chi connectivity index (χ2v) is 9.26. The molecule has 0 spiro atoms. The molecule has 164 valence electrons. The Kier molecular flexibility index (Phi) is 5.16. The van der Waals surface area contributed by atoms with E-state index in [9.17, 15) is 31.2 Å². The fourth-order valence-electron chi connectivity index (χ4n) is 3.86. The summed E-state index contributed by atoms with van der Waals surface area (Å²) in [5.74, 6) is -0.402. The Balaban J connectivity index is 1.47. The van der Waals surface area contributed by atoms with E-state index in [0.717, 1.165) is 35.3 Å². The lowest BCUT2D eigenvalue weighted by Crippen LogP contribution is -2.40. The number of aromatic amines is 1. The van der Waals surface area contributed by atoms with Crippen molar-refractivity contribution in [3.8, 4) is 0 Å². The van der Waals surface area contributed by atoms with Gasteiger partial charge in [0.05, 0.1) is 15.9 Å². The van der Waals surface area contributed by atoms with E-state index in [1.54, 1.807) is 9.47 Å². The predicted octanol–water partition coefficient (Wildman–Crippen LogP) is 3.10. The molecule has 4 rings (SSSR count). The molecule has 11 heteroatoms. The molecule has 0 radical (unpaired) electrons. The summed E-state index contributed by atoms with van der Waals surface area (Å²) >= 11 is 0. The van der Waals surface area contributed by atoms with E-state index in [1.807, 2.05) is 24.3 Å². The van der Waals surface area contributed by atoms with Gasteiger partial charge in [-0.25, -0.2) is 13.2 Å². The number of nitrogens with zero attached hydrogens (tertiary/aromatic N) is 2. The molecule has 1 fully saturated rings. The van der Waals surface area contributed by atoms with Crippen molar-refractivity contribution < 1.29 is 26.4 Å². The molecular weight excluding hydrogens is 435 g/mol. The minimum Gasteiger partial charge on any atom is -0.338 e. The van der Waals surface area contributed by atoms with Gasteiger partial charge in [0.2, 0.25) is 0 Å². The highest BCUT2D eigenvalue weighted by Crippen LogP contribution is 2.31. The van der Waals surface area contributed by atoms with Crippen LogP contribution in [0.5, 0.6) is 0 Å². The number of alkyl halides is 3. The van der Waals surface area contributed by atoms with Crippen LogP contribution in [-0.2, 0) is 9.84 Å². The summed E-state index contributed by atoms with van der Waals surface area (Å²) in [6.45, 7) is 0.718. The number of amides is 1. The van der Waals surface area contributed by atoms with Gasteiger partial charge in [0.15, 0.2) is 0 Å². The van der Waals surface area contributed by atoms with Gasteiger partial charge in [0, 0.05) is 24.7 Å². The van der Waals surface area contributed by atoms with Crippen molar-refractivity contribution in [2.75, 3.05) is 13.1 Å². The zero-order valence-corrected chi connectivity index (χ0v) is 16.9. The van der Waals surface area contributed by atoms with Crippen LogP contribution in [0.15, 0.2) is 58.2 Å². The number of halogens is 3. The summed E-state index contributed by atoms with van der Waals surface area (Å²) in [6, 6.07) is 11.0. The summed E-state index contributed by atoms with van der Waals surface area (Å²) < 4.78 is 62.6. The molecule has 1 saturated heterocycles. The van der Waals surface area contributed by atoms with Gasteiger partial charge in [-0.3, -0.25) is 9.36 Å². The second kappa shape index (κ2) is 7.56. The van der Waals surface area contributed by atoms with Crippen LogP contribution in [0.1, 0.15) is 29.2 Å². The van der Waals surface area contributed by atoms with E-state index in [2.05, 4.69) is 4.98 Å². The molecule has 0 atom stereocenters. The topological polar surface area (TPSA) is 92.2 Å². The van der Waals surface area contributed by atoms with Crippen molar-refractivity contribution in [2.45, 2.75) is 29.3 Å². The molecule has 0 aliphatic carbocycles. The van der Waals surface area contributed by atoms with E-state index in [4.69, 9.17) is 0 Å². The molecular formula is C20H18F3N3O4S. The third kappa shape index (κ3) is 3.73. The first-order chi connectivity index (χ1) is 14.6. The maximum absolute atomic E-state index is 12.7. The van der Waals surface area contributed by atoms with Gasteiger partial charge < -0.3 is 9.88 Å². The highest BCUT2D eigenvalue weighted by molar-refractivity contribution is 7.92. The predicted molar refractivity (Wildman–Crippen MR) is 106 cm³/mol. The SMILES string of the molecule is O=C(c1ccc(S(=O)(=O)C(F)(F)F)cc1)N1CCC(n2c(=O)[nH]c3ccccc32)CC1. The van der Waals surface area contributed by atoms with Gasteiger partial charge in [-0.1, -0.05) is 12.1 Å². The number of fused-ring (bicyclic) bond motifs is 1. The average molecular weight is 453 g/mol. The van der Waals surface area contributed by atoms with Crippen LogP contribution in [0.25, 0.3) is 11.0 Å². The Morgan fingerprint density at radius 1 is 1.00 bits per heavy atom. The Bertz CT molecular complexity index is 1290. The van der Waals surface area contributed by atoms with Gasteiger partial charge in [-0.2, -0.15) is 13.2 Å². The summed E-state index contributed by atoms with van der Waals surface area (Å²) in [4.78, 5) is 28.5. The van der Waals surface area contributed by atoms with Crippen LogP contribution in [0, 0.1) is 0 Å². The minimum absolute atomic E-state index is 0.0907. The van der Waals surface area contributed by atoms with E-state index >= 15 is 0 Å². The van der Waals surface area contributed by atoms with Crippen LogP contribution in [0.2, 0.25) is 0 Å². The van der Waals surface area contributed by atoms with Gasteiger partial charge >= 0.3 is 11.2 Å². The quantitative estimate of drug-likeness (QED) is 0.660. The summed E-state index contributed by atoms with van der Waals surface area (Å²) in [6.07, 6.45) is 1.07. The lowest BCUT2D eigenvalue weighted by Gasteiger charge is -2.32. The van der Waals surface area contributed by atoms with Crippen LogP contribution >= 0.6 is 0 Å². The number of likely N-dealkylation sites (tertiary alicyclic amines) is 1. The Labute approximate surface area is 175 Å². The molecule has 0 saturated carbocycles. The van der Waals surface area contributed by atoms with E-state index < -0.39 is 26.1 Å². The van der Waals surface area contributed by atoms with Crippen molar-refractivity contribution in [1.82, 2.24) is 14.5 Å². The highest BCUT2D eigenvalue weighted by Gasteiger charge is 2.46. The molecule has 2 aromatic carbocycles. The number of hydrogen-bond acceptors (Lipinski definition) is 4. The van der Waals surface area contributed by atoms with Crippen LogP contribution in [-0.4, -0.2) is 47.4 Å². The summed E-state index contributed by atoms with van der Waals surface area (Å²) in [5, 5.41) is 0. The zero-order valence-electron chi connectivity index (χ0n) is 16.1. The molecule has 2 heterocycles. The number of hydrogen-bond donors (Lipinski definition) is 1. The van der Waals surface area contributed by atoms with Crippen molar-refractivity contribution >= 4 is 26.8 Å². The first-order valence-electron chi connectivity index (χ1n) is 9.49. The van der Waals surface area contributed by atoms with Gasteiger partial charge in [-0.15, -0.1) is 0 Å². The number of piperidine rings is 1. The third-order valence-corrected chi connectivity index (χ3v) is 6.96. The second-order valence-electron chi connectivity index (χ2n) is 7.31. The first-order valence-corrected chi connectivity index (χ1v) is 11.0. The van der Waals surface area contributed by atoms with Gasteiger partial charge in [-0.05, 0) is 49.2 Å². The average Bonchev–Trinajstić information content (AvgIpc) is 3.08. The highest BCUT2D eigenvalue weighted by atomic mass is 32.2. The third-order valence-electron chi connectivity index (χ3n) is 5.46. The monoisotopic (exact) mass is 453 g/mol. The molecule has 1 aliphatic heterocycles. The molecule has 0 unspecified atom stereocenters. The number of carbonyl (C=O) groups is 1. The van der Waals surface area contributed by atoms with E-state index in [1.165, 1.54) is 0 Å². The molecule has 7 nitrogen and oxygen atoms in total. The minimum atomic E-state index is -5.46. The Morgan fingerprint density at radius 2 is 1.61 bits per heavy atom. The van der Waals surface area contributed by atoms with Crippen molar-refractivity contribution in [1.29, 1.82) is 0 Å². The molecule has 3 aromatic rings. The lowest BCUT2D eigenvalue weighted by molar-refractivity contribution is -0.0436. The molecule has 1 amide bonds. The smallest absolute Gasteiger partial charge is 0.338 e. The molecule has 31 heavy (non-hydrogen) atoms. The molecule has 1 aromatic heterocycles. The summed E-state index contributed by atoms with van der Waals surface area (Å²) in [7, 11) is -5.46. The number of nitrogens with one attached hydrogen (secondary N) is 1. The Hall–Kier alpha value is -3.08. The van der Waals surface area contributed by atoms with Gasteiger partial charge in [0.1, 0.15) is 0 Å². The number of imidazole rings is 1. The number of sulfone groups is 1. The van der Waals surface area contributed by atoms with Crippen molar-refractivity contribution in [3.05, 3.63) is 64.6 Å². The Morgan fingerprint density at radius 3 is 2.23 bits per heavy atom. The normalized spacial score (nSPS) is 16.0. The van der Waals surface area contributed by atoms with E-state index in [-0.39, 0.29) is 17.3 Å². The maximum Gasteiger partial charge on any atom is 0.501 e.